The van der Waals surface area contributed by atoms with Crippen LogP contribution >= 0.6 is 0 Å². The molecular weight excluding hydrogens is 382 g/mol. The number of rotatable bonds is 4. The number of para-hydroxylation sites is 1. The number of ether oxygens (including phenoxy) is 1. The summed E-state index contributed by atoms with van der Waals surface area (Å²) in [5.41, 5.74) is 8.59. The summed E-state index contributed by atoms with van der Waals surface area (Å²) in [6, 6.07) is 13.6. The van der Waals surface area contributed by atoms with E-state index in [2.05, 4.69) is 9.88 Å². The molecule has 1 fully saturated rings. The molecule has 8 nitrogen and oxygen atoms in total. The fourth-order valence-corrected chi connectivity index (χ4v) is 3.60. The first-order valence-electron chi connectivity index (χ1n) is 9.82. The minimum atomic E-state index is -0.0730. The van der Waals surface area contributed by atoms with Gasteiger partial charge in [-0.05, 0) is 24.6 Å². The second kappa shape index (κ2) is 8.48. The second-order valence-corrected chi connectivity index (χ2v) is 7.21. The standard InChI is InChI=1S/C22H25N5O3/c23-19(14-27(24)15-4-1-5-16(28)12-15)17-6-2-7-18-20(29)13-21(25-22(17)18)26-8-3-10-30-11-9-26/h1-2,4-7,12-14,28H,3,8-11,23-24H2,(H,25,29)/b19-14-. The first-order chi connectivity index (χ1) is 14.5. The Hall–Kier alpha value is -3.49. The molecule has 1 saturated heterocycles. The number of phenols is 1. The number of nitrogens with two attached hydrogens (primary N) is 2. The van der Waals surface area contributed by atoms with Crippen LogP contribution in [-0.4, -0.2) is 36.4 Å². The number of hydrazine groups is 1. The number of nitrogens with zero attached hydrogens (tertiary/aromatic N) is 2. The lowest BCUT2D eigenvalue weighted by atomic mass is 10.1. The van der Waals surface area contributed by atoms with E-state index < -0.39 is 0 Å². The molecule has 0 amide bonds. The molecule has 8 heteroatoms. The van der Waals surface area contributed by atoms with Crippen molar-refractivity contribution in [3.63, 3.8) is 0 Å². The van der Waals surface area contributed by atoms with Crippen LogP contribution < -0.4 is 26.9 Å². The molecule has 6 N–H and O–H groups in total. The normalized spacial score (nSPS) is 15.2. The van der Waals surface area contributed by atoms with Gasteiger partial charge in [0.25, 0.3) is 0 Å². The molecule has 2 heterocycles. The fraction of sp³-hybridized carbons (Fsp3) is 0.227. The summed E-state index contributed by atoms with van der Waals surface area (Å²) in [6.07, 6.45) is 2.46. The van der Waals surface area contributed by atoms with Crippen LogP contribution in [0.25, 0.3) is 16.6 Å². The third-order valence-corrected chi connectivity index (χ3v) is 5.13. The molecule has 1 aliphatic heterocycles. The van der Waals surface area contributed by atoms with E-state index in [4.69, 9.17) is 16.3 Å². The van der Waals surface area contributed by atoms with Gasteiger partial charge in [0.2, 0.25) is 0 Å². The van der Waals surface area contributed by atoms with E-state index in [0.29, 0.717) is 41.0 Å². The zero-order valence-corrected chi connectivity index (χ0v) is 16.5. The number of pyridine rings is 1. The molecule has 30 heavy (non-hydrogen) atoms. The summed E-state index contributed by atoms with van der Waals surface area (Å²) in [7, 11) is 0. The molecule has 0 saturated carbocycles. The van der Waals surface area contributed by atoms with Gasteiger partial charge in [0.15, 0.2) is 5.43 Å². The number of phenolic OH excluding ortho intramolecular Hbond substituents is 1. The molecule has 2 aromatic carbocycles. The van der Waals surface area contributed by atoms with Crippen molar-refractivity contribution < 1.29 is 9.84 Å². The summed E-state index contributed by atoms with van der Waals surface area (Å²) in [6.45, 7) is 2.86. The summed E-state index contributed by atoms with van der Waals surface area (Å²) < 4.78 is 5.52. The van der Waals surface area contributed by atoms with Gasteiger partial charge in [-0.1, -0.05) is 18.2 Å². The summed E-state index contributed by atoms with van der Waals surface area (Å²) in [5, 5.41) is 11.6. The van der Waals surface area contributed by atoms with Crippen LogP contribution in [-0.2, 0) is 4.74 Å². The molecule has 156 valence electrons. The number of benzene rings is 2. The molecule has 1 aromatic heterocycles. The third kappa shape index (κ3) is 4.10. The Morgan fingerprint density at radius 3 is 2.83 bits per heavy atom. The van der Waals surface area contributed by atoms with Gasteiger partial charge in [0.05, 0.1) is 23.5 Å². The Balaban J connectivity index is 1.75. The monoisotopic (exact) mass is 407 g/mol. The summed E-state index contributed by atoms with van der Waals surface area (Å²) >= 11 is 0. The molecule has 1 aliphatic rings. The molecule has 0 radical (unpaired) electrons. The predicted octanol–water partition coefficient (Wildman–Crippen LogP) is 2.10. The van der Waals surface area contributed by atoms with E-state index in [0.717, 1.165) is 25.4 Å². The van der Waals surface area contributed by atoms with Crippen LogP contribution in [0.1, 0.15) is 12.0 Å². The second-order valence-electron chi connectivity index (χ2n) is 7.21. The number of fused-ring (bicyclic) bond motifs is 1. The Morgan fingerprint density at radius 2 is 2.00 bits per heavy atom. The third-order valence-electron chi connectivity index (χ3n) is 5.13. The van der Waals surface area contributed by atoms with Gasteiger partial charge in [-0.3, -0.25) is 9.80 Å². The number of H-pyrrole nitrogens is 1. The molecular formula is C22H25N5O3. The maximum atomic E-state index is 12.8. The highest BCUT2D eigenvalue weighted by Crippen LogP contribution is 2.24. The molecule has 0 aliphatic carbocycles. The molecule has 0 unspecified atom stereocenters. The van der Waals surface area contributed by atoms with Crippen molar-refractivity contribution in [2.24, 2.45) is 11.6 Å². The van der Waals surface area contributed by atoms with Crippen molar-refractivity contribution in [1.82, 2.24) is 4.98 Å². The fourth-order valence-electron chi connectivity index (χ4n) is 3.60. The van der Waals surface area contributed by atoms with Gasteiger partial charge in [-0.2, -0.15) is 0 Å². The maximum absolute atomic E-state index is 12.8. The van der Waals surface area contributed by atoms with E-state index in [-0.39, 0.29) is 11.2 Å². The molecule has 0 atom stereocenters. The number of hydrogen-bond acceptors (Lipinski definition) is 7. The molecule has 4 rings (SSSR count). The summed E-state index contributed by atoms with van der Waals surface area (Å²) in [5.74, 6) is 6.97. The number of aromatic nitrogens is 1. The van der Waals surface area contributed by atoms with Crippen LogP contribution in [0.2, 0.25) is 0 Å². The van der Waals surface area contributed by atoms with E-state index in [9.17, 15) is 9.90 Å². The Kier molecular flexibility index (Phi) is 5.60. The largest absolute Gasteiger partial charge is 0.508 e. The first-order valence-corrected chi connectivity index (χ1v) is 9.82. The average Bonchev–Trinajstić information content (AvgIpc) is 3.03. The lowest BCUT2D eigenvalue weighted by molar-refractivity contribution is 0.152. The van der Waals surface area contributed by atoms with Crippen LogP contribution in [0.3, 0.4) is 0 Å². The lowest BCUT2D eigenvalue weighted by Crippen LogP contribution is -2.28. The zero-order chi connectivity index (χ0) is 21.1. The van der Waals surface area contributed by atoms with E-state index >= 15 is 0 Å². The number of aromatic amines is 1. The number of anilines is 2. The Labute approximate surface area is 173 Å². The van der Waals surface area contributed by atoms with Crippen LogP contribution in [0.5, 0.6) is 5.75 Å². The van der Waals surface area contributed by atoms with E-state index in [1.165, 1.54) is 11.1 Å². The SMILES string of the molecule is N/C(=C\N(N)c1cccc(O)c1)c1cccc2c(=O)cc(N3CCCOCC3)[nH]c12. The van der Waals surface area contributed by atoms with Crippen molar-refractivity contribution in [1.29, 1.82) is 0 Å². The average molecular weight is 407 g/mol. The van der Waals surface area contributed by atoms with Crippen molar-refractivity contribution in [2.75, 3.05) is 36.2 Å². The van der Waals surface area contributed by atoms with Gasteiger partial charge in [0.1, 0.15) is 11.6 Å². The van der Waals surface area contributed by atoms with Gasteiger partial charge in [0, 0.05) is 49.0 Å². The predicted molar refractivity (Wildman–Crippen MR) is 119 cm³/mol. The van der Waals surface area contributed by atoms with Gasteiger partial charge >= 0.3 is 0 Å². The van der Waals surface area contributed by atoms with E-state index in [1.807, 2.05) is 6.07 Å². The topological polar surface area (TPSA) is 121 Å². The van der Waals surface area contributed by atoms with Gasteiger partial charge < -0.3 is 25.5 Å². The van der Waals surface area contributed by atoms with Crippen molar-refractivity contribution >= 4 is 28.1 Å². The minimum Gasteiger partial charge on any atom is -0.508 e. The van der Waals surface area contributed by atoms with Crippen molar-refractivity contribution in [3.05, 3.63) is 70.5 Å². The van der Waals surface area contributed by atoms with Crippen LogP contribution in [0.4, 0.5) is 11.5 Å². The lowest BCUT2D eigenvalue weighted by Gasteiger charge is -2.22. The van der Waals surface area contributed by atoms with Gasteiger partial charge in [-0.25, -0.2) is 5.84 Å². The van der Waals surface area contributed by atoms with Crippen molar-refractivity contribution in [3.8, 4) is 5.75 Å². The first kappa shape index (κ1) is 19.8. The minimum absolute atomic E-state index is 0.0730. The van der Waals surface area contributed by atoms with Crippen LogP contribution in [0, 0.1) is 0 Å². The van der Waals surface area contributed by atoms with Crippen LogP contribution in [0.15, 0.2) is 59.5 Å². The maximum Gasteiger partial charge on any atom is 0.191 e. The zero-order valence-electron chi connectivity index (χ0n) is 16.5. The molecule has 0 spiro atoms. The van der Waals surface area contributed by atoms with E-state index in [1.54, 1.807) is 42.6 Å². The number of hydrogen-bond donors (Lipinski definition) is 4. The quantitative estimate of drug-likeness (QED) is 0.386. The Bertz CT molecular complexity index is 1130. The molecule has 3 aromatic rings. The van der Waals surface area contributed by atoms with Gasteiger partial charge in [-0.15, -0.1) is 0 Å². The summed E-state index contributed by atoms with van der Waals surface area (Å²) in [4.78, 5) is 18.3. The highest BCUT2D eigenvalue weighted by Gasteiger charge is 2.15. The number of aromatic hydroxyl groups is 1. The Morgan fingerprint density at radius 1 is 1.17 bits per heavy atom. The molecule has 0 bridgehead atoms. The highest BCUT2D eigenvalue weighted by molar-refractivity contribution is 5.91. The number of nitrogens with one attached hydrogen (secondary N) is 1. The smallest absolute Gasteiger partial charge is 0.191 e. The van der Waals surface area contributed by atoms with Crippen molar-refractivity contribution in [2.45, 2.75) is 6.42 Å². The highest BCUT2D eigenvalue weighted by atomic mass is 16.5.